The highest BCUT2D eigenvalue weighted by atomic mass is 15.2. The van der Waals surface area contributed by atoms with Crippen molar-refractivity contribution >= 4 is 16.9 Å². The van der Waals surface area contributed by atoms with Gasteiger partial charge in [-0.3, -0.25) is 0 Å². The zero-order chi connectivity index (χ0) is 11.5. The van der Waals surface area contributed by atoms with Gasteiger partial charge in [0.2, 0.25) is 0 Å². The molecular weight excluding hydrogens is 212 g/mol. The highest BCUT2D eigenvalue weighted by molar-refractivity contribution is 5.87. The third-order valence-corrected chi connectivity index (χ3v) is 3.49. The van der Waals surface area contributed by atoms with Crippen molar-refractivity contribution in [3.63, 3.8) is 0 Å². The van der Waals surface area contributed by atoms with Crippen LogP contribution in [0.15, 0.2) is 18.6 Å². The third-order valence-electron chi connectivity index (χ3n) is 3.49. The van der Waals surface area contributed by atoms with Crippen molar-refractivity contribution in [1.82, 2.24) is 15.0 Å². The van der Waals surface area contributed by atoms with Gasteiger partial charge in [0.1, 0.15) is 17.8 Å². The molecule has 1 N–H and O–H groups in total. The second kappa shape index (κ2) is 4.73. The van der Waals surface area contributed by atoms with Crippen LogP contribution in [-0.4, -0.2) is 28.0 Å². The average molecular weight is 230 g/mol. The van der Waals surface area contributed by atoms with Crippen molar-refractivity contribution < 1.29 is 0 Å². The minimum absolute atomic E-state index is 0.942. The molecule has 4 heteroatoms. The Labute approximate surface area is 101 Å². The largest absolute Gasteiger partial charge is 0.356 e. The lowest BCUT2D eigenvalue weighted by Crippen LogP contribution is -2.28. The molecule has 1 aliphatic rings. The summed E-state index contributed by atoms with van der Waals surface area (Å²) in [6.45, 7) is 2.24. The molecule has 1 fully saturated rings. The Hall–Kier alpha value is -1.58. The molecule has 0 radical (unpaired) electrons. The first-order valence-corrected chi connectivity index (χ1v) is 6.48. The number of anilines is 1. The molecular formula is C13H18N4. The maximum absolute atomic E-state index is 4.47. The lowest BCUT2D eigenvalue weighted by Gasteiger charge is -2.26. The van der Waals surface area contributed by atoms with Crippen LogP contribution >= 0.6 is 0 Å². The van der Waals surface area contributed by atoms with Gasteiger partial charge in [0.15, 0.2) is 0 Å². The van der Waals surface area contributed by atoms with Gasteiger partial charge in [0.25, 0.3) is 0 Å². The zero-order valence-corrected chi connectivity index (χ0v) is 10.0. The first-order valence-electron chi connectivity index (χ1n) is 6.48. The van der Waals surface area contributed by atoms with E-state index in [0.29, 0.717) is 0 Å². The Bertz CT molecular complexity index is 483. The molecule has 1 aliphatic heterocycles. The fraction of sp³-hybridized carbons (Fsp3) is 0.538. The van der Waals surface area contributed by atoms with Gasteiger partial charge in [-0.1, -0.05) is 19.3 Å². The van der Waals surface area contributed by atoms with Gasteiger partial charge < -0.3 is 9.88 Å². The van der Waals surface area contributed by atoms with Gasteiger partial charge in [-0.15, -0.1) is 0 Å². The van der Waals surface area contributed by atoms with Crippen LogP contribution in [0.3, 0.4) is 0 Å². The number of rotatable bonds is 1. The number of nitrogens with one attached hydrogen (secondary N) is 1. The van der Waals surface area contributed by atoms with Gasteiger partial charge in [0.05, 0.1) is 5.39 Å². The van der Waals surface area contributed by atoms with Gasteiger partial charge in [-0.25, -0.2) is 9.97 Å². The van der Waals surface area contributed by atoms with Crippen LogP contribution in [0.5, 0.6) is 0 Å². The summed E-state index contributed by atoms with van der Waals surface area (Å²) < 4.78 is 0. The quantitative estimate of drug-likeness (QED) is 0.819. The molecule has 90 valence electrons. The molecule has 0 bridgehead atoms. The van der Waals surface area contributed by atoms with Gasteiger partial charge in [-0.2, -0.15) is 0 Å². The molecule has 17 heavy (non-hydrogen) atoms. The summed E-state index contributed by atoms with van der Waals surface area (Å²) in [6.07, 6.45) is 10.2. The number of aromatic nitrogens is 3. The molecule has 3 rings (SSSR count). The molecule has 3 heterocycles. The molecule has 0 saturated carbocycles. The van der Waals surface area contributed by atoms with E-state index < -0.39 is 0 Å². The van der Waals surface area contributed by atoms with E-state index in [9.17, 15) is 0 Å². The summed E-state index contributed by atoms with van der Waals surface area (Å²) >= 11 is 0. The van der Waals surface area contributed by atoms with Crippen LogP contribution in [0.1, 0.15) is 32.1 Å². The summed E-state index contributed by atoms with van der Waals surface area (Å²) in [6, 6.07) is 2.07. The number of hydrogen-bond donors (Lipinski definition) is 1. The molecule has 0 spiro atoms. The number of aromatic amines is 1. The lowest BCUT2D eigenvalue weighted by molar-refractivity contribution is 0.554. The predicted octanol–water partition coefficient (Wildman–Crippen LogP) is 2.73. The van der Waals surface area contributed by atoms with Crippen LogP contribution in [-0.2, 0) is 0 Å². The van der Waals surface area contributed by atoms with E-state index in [0.717, 1.165) is 29.9 Å². The van der Waals surface area contributed by atoms with Crippen molar-refractivity contribution in [2.24, 2.45) is 0 Å². The van der Waals surface area contributed by atoms with Crippen molar-refractivity contribution in [3.05, 3.63) is 18.6 Å². The molecule has 4 nitrogen and oxygen atoms in total. The summed E-state index contributed by atoms with van der Waals surface area (Å²) in [7, 11) is 0. The molecule has 0 aliphatic carbocycles. The Balaban J connectivity index is 1.92. The molecule has 0 aromatic carbocycles. The number of nitrogens with zero attached hydrogens (tertiary/aromatic N) is 3. The molecule has 0 unspecified atom stereocenters. The highest BCUT2D eigenvalue weighted by Crippen LogP contribution is 2.24. The van der Waals surface area contributed by atoms with Crippen LogP contribution < -0.4 is 4.90 Å². The summed E-state index contributed by atoms with van der Waals surface area (Å²) in [5.41, 5.74) is 0.942. The van der Waals surface area contributed by atoms with Crippen LogP contribution in [0.2, 0.25) is 0 Å². The van der Waals surface area contributed by atoms with Crippen LogP contribution in [0.25, 0.3) is 11.0 Å². The summed E-state index contributed by atoms with van der Waals surface area (Å²) in [5, 5.41) is 1.15. The van der Waals surface area contributed by atoms with Crippen molar-refractivity contribution in [3.8, 4) is 0 Å². The molecule has 2 aromatic rings. The van der Waals surface area contributed by atoms with Gasteiger partial charge >= 0.3 is 0 Å². The third kappa shape index (κ3) is 2.12. The van der Waals surface area contributed by atoms with E-state index in [1.807, 2.05) is 6.20 Å². The second-order valence-corrected chi connectivity index (χ2v) is 4.69. The van der Waals surface area contributed by atoms with E-state index >= 15 is 0 Å². The number of fused-ring (bicyclic) bond motifs is 1. The maximum atomic E-state index is 4.47. The maximum Gasteiger partial charge on any atom is 0.142 e. The Morgan fingerprint density at radius 1 is 1.00 bits per heavy atom. The molecule has 1 saturated heterocycles. The first kappa shape index (κ1) is 10.6. The molecule has 2 aromatic heterocycles. The normalized spacial score (nSPS) is 18.0. The minimum atomic E-state index is 0.942. The van der Waals surface area contributed by atoms with Gasteiger partial charge in [0, 0.05) is 19.3 Å². The zero-order valence-electron chi connectivity index (χ0n) is 10.0. The van der Waals surface area contributed by atoms with E-state index in [4.69, 9.17) is 0 Å². The monoisotopic (exact) mass is 230 g/mol. The first-order chi connectivity index (χ1) is 8.45. The standard InChI is InChI=1S/C13H18N4/c1-2-4-8-17(9-5-3-1)13-11-6-7-14-12(11)15-10-16-13/h6-7,10H,1-5,8-9H2,(H,14,15,16). The topological polar surface area (TPSA) is 44.8 Å². The Morgan fingerprint density at radius 2 is 1.76 bits per heavy atom. The SMILES string of the molecule is c1nc(N2CCCCCCC2)c2cc[nH]c2n1. The number of hydrogen-bond acceptors (Lipinski definition) is 3. The van der Waals surface area contributed by atoms with Crippen molar-refractivity contribution in [2.45, 2.75) is 32.1 Å². The summed E-state index contributed by atoms with van der Waals surface area (Å²) in [5.74, 6) is 1.10. The Kier molecular flexibility index (Phi) is 2.94. The smallest absolute Gasteiger partial charge is 0.142 e. The van der Waals surface area contributed by atoms with Crippen molar-refractivity contribution in [2.75, 3.05) is 18.0 Å². The van der Waals surface area contributed by atoms with E-state index in [1.54, 1.807) is 6.33 Å². The van der Waals surface area contributed by atoms with E-state index in [1.165, 1.54) is 32.1 Å². The Morgan fingerprint density at radius 3 is 2.59 bits per heavy atom. The second-order valence-electron chi connectivity index (χ2n) is 4.69. The highest BCUT2D eigenvalue weighted by Gasteiger charge is 2.13. The van der Waals surface area contributed by atoms with Gasteiger partial charge in [-0.05, 0) is 18.9 Å². The predicted molar refractivity (Wildman–Crippen MR) is 69.2 cm³/mol. The lowest BCUT2D eigenvalue weighted by atomic mass is 10.1. The summed E-state index contributed by atoms with van der Waals surface area (Å²) in [4.78, 5) is 14.3. The molecule has 0 atom stereocenters. The van der Waals surface area contributed by atoms with Crippen molar-refractivity contribution in [1.29, 1.82) is 0 Å². The fourth-order valence-corrected chi connectivity index (χ4v) is 2.57. The van der Waals surface area contributed by atoms with Crippen LogP contribution in [0.4, 0.5) is 5.82 Å². The fourth-order valence-electron chi connectivity index (χ4n) is 2.57. The van der Waals surface area contributed by atoms with E-state index in [2.05, 4.69) is 25.9 Å². The minimum Gasteiger partial charge on any atom is -0.356 e. The average Bonchev–Trinajstić information content (AvgIpc) is 2.76. The molecule has 0 amide bonds. The van der Waals surface area contributed by atoms with Crippen LogP contribution in [0, 0.1) is 0 Å². The van der Waals surface area contributed by atoms with E-state index in [-0.39, 0.29) is 0 Å². The number of H-pyrrole nitrogens is 1.